The number of aryl methyl sites for hydroxylation is 3. The summed E-state index contributed by atoms with van der Waals surface area (Å²) in [6, 6.07) is 6.55. The number of hydrogen-bond donors (Lipinski definition) is 1. The lowest BCUT2D eigenvalue weighted by Gasteiger charge is -2.11. The number of aromatic nitrogens is 2. The Morgan fingerprint density at radius 1 is 1.16 bits per heavy atom. The van der Waals surface area contributed by atoms with Gasteiger partial charge in [0, 0.05) is 12.6 Å². The number of hydrogen-bond acceptors (Lipinski definition) is 3. The second-order valence-corrected chi connectivity index (χ2v) is 5.26. The Morgan fingerprint density at radius 3 is 2.79 bits per heavy atom. The van der Waals surface area contributed by atoms with E-state index >= 15 is 0 Å². The van der Waals surface area contributed by atoms with E-state index < -0.39 is 6.10 Å². The van der Waals surface area contributed by atoms with E-state index in [0.717, 1.165) is 5.69 Å². The molecule has 1 N–H and O–H groups in total. The van der Waals surface area contributed by atoms with Crippen molar-refractivity contribution < 1.29 is 5.11 Å². The molecule has 19 heavy (non-hydrogen) atoms. The second kappa shape index (κ2) is 5.10. The lowest BCUT2D eigenvalue weighted by atomic mass is 10.0. The highest BCUT2D eigenvalue weighted by molar-refractivity contribution is 5.35. The molecule has 1 atom stereocenters. The summed E-state index contributed by atoms with van der Waals surface area (Å²) < 4.78 is 0. The van der Waals surface area contributed by atoms with Crippen molar-refractivity contribution in [3.05, 3.63) is 58.7 Å². The van der Waals surface area contributed by atoms with E-state index in [9.17, 15) is 5.11 Å². The van der Waals surface area contributed by atoms with Crippen molar-refractivity contribution >= 4 is 0 Å². The maximum atomic E-state index is 10.2. The molecule has 3 nitrogen and oxygen atoms in total. The smallest absolute Gasteiger partial charge is 0.102 e. The summed E-state index contributed by atoms with van der Waals surface area (Å²) >= 11 is 0. The highest BCUT2D eigenvalue weighted by Gasteiger charge is 2.14. The van der Waals surface area contributed by atoms with Crippen LogP contribution in [0.4, 0.5) is 0 Å². The van der Waals surface area contributed by atoms with E-state index in [4.69, 9.17) is 0 Å². The third-order valence-corrected chi connectivity index (χ3v) is 3.73. The first-order chi connectivity index (χ1) is 9.22. The van der Waals surface area contributed by atoms with Crippen LogP contribution in [0.2, 0.25) is 0 Å². The molecule has 1 aliphatic rings. The Morgan fingerprint density at radius 2 is 2.00 bits per heavy atom. The second-order valence-electron chi connectivity index (χ2n) is 5.26. The Kier molecular flexibility index (Phi) is 3.30. The summed E-state index contributed by atoms with van der Waals surface area (Å²) in [4.78, 5) is 8.41. The van der Waals surface area contributed by atoms with Crippen LogP contribution in [0.25, 0.3) is 0 Å². The van der Waals surface area contributed by atoms with Crippen molar-refractivity contribution in [1.29, 1.82) is 0 Å². The molecular formula is C16H18N2O. The van der Waals surface area contributed by atoms with Crippen LogP contribution in [-0.2, 0) is 19.3 Å². The molecule has 2 aromatic rings. The minimum absolute atomic E-state index is 0.576. The van der Waals surface area contributed by atoms with Gasteiger partial charge in [0.1, 0.15) is 6.10 Å². The molecule has 1 aliphatic carbocycles. The average Bonchev–Trinajstić information content (AvgIpc) is 2.87. The molecule has 98 valence electrons. The molecule has 1 aromatic carbocycles. The fraction of sp³-hybridized carbons (Fsp3) is 0.375. The van der Waals surface area contributed by atoms with Crippen LogP contribution in [0, 0.1) is 6.92 Å². The molecule has 1 heterocycles. The minimum Gasteiger partial charge on any atom is -0.386 e. The fourth-order valence-electron chi connectivity index (χ4n) is 2.65. The molecule has 0 saturated heterocycles. The lowest BCUT2D eigenvalue weighted by Crippen LogP contribution is -2.05. The number of aliphatic hydroxyl groups is 1. The highest BCUT2D eigenvalue weighted by Crippen LogP contribution is 2.25. The standard InChI is InChI=1S/C16H18N2O/c1-11-9-18-15(10-17-11)16(19)8-12-5-6-13-3-2-4-14(13)7-12/h5-7,9-10,16,19H,2-4,8H2,1H3. The van der Waals surface area contributed by atoms with Crippen LogP contribution in [-0.4, -0.2) is 15.1 Å². The normalized spacial score (nSPS) is 15.3. The molecule has 3 heteroatoms. The third kappa shape index (κ3) is 2.66. The van der Waals surface area contributed by atoms with Crippen LogP contribution in [0.15, 0.2) is 30.6 Å². The van der Waals surface area contributed by atoms with Gasteiger partial charge in [-0.3, -0.25) is 9.97 Å². The zero-order chi connectivity index (χ0) is 13.2. The zero-order valence-corrected chi connectivity index (χ0v) is 11.1. The van der Waals surface area contributed by atoms with Crippen LogP contribution in [0.1, 0.15) is 40.6 Å². The van der Waals surface area contributed by atoms with Gasteiger partial charge in [-0.2, -0.15) is 0 Å². The summed E-state index contributed by atoms with van der Waals surface area (Å²) in [6.07, 6.45) is 7.00. The number of rotatable bonds is 3. The third-order valence-electron chi connectivity index (χ3n) is 3.73. The summed E-state index contributed by atoms with van der Waals surface area (Å²) in [5.74, 6) is 0. The van der Waals surface area contributed by atoms with Crippen molar-refractivity contribution in [2.45, 2.75) is 38.7 Å². The summed E-state index contributed by atoms with van der Waals surface area (Å²) in [5.41, 5.74) is 5.60. The van der Waals surface area contributed by atoms with Crippen LogP contribution in [0.5, 0.6) is 0 Å². The molecular weight excluding hydrogens is 236 g/mol. The fourth-order valence-corrected chi connectivity index (χ4v) is 2.65. The molecule has 3 rings (SSSR count). The Labute approximate surface area is 113 Å². The van der Waals surface area contributed by atoms with Gasteiger partial charge < -0.3 is 5.11 Å². The molecule has 1 unspecified atom stereocenters. The SMILES string of the molecule is Cc1cnc(C(O)Cc2ccc3c(c2)CCC3)cn1. The van der Waals surface area contributed by atoms with Gasteiger partial charge >= 0.3 is 0 Å². The Bertz CT molecular complexity index is 578. The Hall–Kier alpha value is -1.74. The topological polar surface area (TPSA) is 46.0 Å². The summed E-state index contributed by atoms with van der Waals surface area (Å²) in [6.45, 7) is 1.89. The number of aliphatic hydroxyl groups excluding tert-OH is 1. The first-order valence-corrected chi connectivity index (χ1v) is 6.79. The number of benzene rings is 1. The molecule has 0 saturated carbocycles. The van der Waals surface area contributed by atoms with Gasteiger partial charge in [-0.1, -0.05) is 18.2 Å². The van der Waals surface area contributed by atoms with Crippen molar-refractivity contribution in [2.75, 3.05) is 0 Å². The van der Waals surface area contributed by atoms with Crippen molar-refractivity contribution in [3.8, 4) is 0 Å². The molecule has 0 amide bonds. The van der Waals surface area contributed by atoms with Gasteiger partial charge in [-0.05, 0) is 42.9 Å². The van der Waals surface area contributed by atoms with E-state index in [1.165, 1.54) is 36.0 Å². The van der Waals surface area contributed by atoms with Gasteiger partial charge in [-0.15, -0.1) is 0 Å². The van der Waals surface area contributed by atoms with E-state index in [1.54, 1.807) is 12.4 Å². The maximum absolute atomic E-state index is 10.2. The van der Waals surface area contributed by atoms with Gasteiger partial charge in [0.15, 0.2) is 0 Å². The van der Waals surface area contributed by atoms with Gasteiger partial charge in [0.2, 0.25) is 0 Å². The van der Waals surface area contributed by atoms with E-state index in [1.807, 2.05) is 6.92 Å². The first kappa shape index (κ1) is 12.3. The molecule has 0 bridgehead atoms. The average molecular weight is 254 g/mol. The monoisotopic (exact) mass is 254 g/mol. The molecule has 1 aromatic heterocycles. The highest BCUT2D eigenvalue weighted by atomic mass is 16.3. The number of fused-ring (bicyclic) bond motifs is 1. The molecule has 0 spiro atoms. The molecule has 0 radical (unpaired) electrons. The Balaban J connectivity index is 1.75. The van der Waals surface area contributed by atoms with Gasteiger partial charge in [-0.25, -0.2) is 0 Å². The summed E-state index contributed by atoms with van der Waals surface area (Å²) in [7, 11) is 0. The van der Waals surface area contributed by atoms with E-state index in [-0.39, 0.29) is 0 Å². The first-order valence-electron chi connectivity index (χ1n) is 6.79. The predicted molar refractivity (Wildman–Crippen MR) is 73.9 cm³/mol. The van der Waals surface area contributed by atoms with Crippen molar-refractivity contribution in [1.82, 2.24) is 9.97 Å². The zero-order valence-electron chi connectivity index (χ0n) is 11.1. The quantitative estimate of drug-likeness (QED) is 0.915. The maximum Gasteiger partial charge on any atom is 0.102 e. The van der Waals surface area contributed by atoms with E-state index in [2.05, 4.69) is 28.2 Å². The van der Waals surface area contributed by atoms with Crippen molar-refractivity contribution in [3.63, 3.8) is 0 Å². The van der Waals surface area contributed by atoms with Crippen molar-refractivity contribution in [2.24, 2.45) is 0 Å². The van der Waals surface area contributed by atoms with Gasteiger partial charge in [0.25, 0.3) is 0 Å². The largest absolute Gasteiger partial charge is 0.386 e. The van der Waals surface area contributed by atoms with Gasteiger partial charge in [0.05, 0.1) is 17.6 Å². The van der Waals surface area contributed by atoms with Crippen LogP contribution >= 0.6 is 0 Å². The van der Waals surface area contributed by atoms with Crippen LogP contribution < -0.4 is 0 Å². The van der Waals surface area contributed by atoms with Crippen LogP contribution in [0.3, 0.4) is 0 Å². The summed E-state index contributed by atoms with van der Waals surface area (Å²) in [5, 5.41) is 10.2. The minimum atomic E-state index is -0.576. The number of nitrogens with zero attached hydrogens (tertiary/aromatic N) is 2. The lowest BCUT2D eigenvalue weighted by molar-refractivity contribution is 0.173. The van der Waals surface area contributed by atoms with E-state index in [0.29, 0.717) is 12.1 Å². The molecule has 0 fully saturated rings. The molecule has 0 aliphatic heterocycles. The predicted octanol–water partition coefficient (Wildman–Crippen LogP) is 2.55.